The molecule has 1 heterocycles. The van der Waals surface area contributed by atoms with Gasteiger partial charge in [0.25, 0.3) is 5.56 Å². The quantitative estimate of drug-likeness (QED) is 0.788. The summed E-state index contributed by atoms with van der Waals surface area (Å²) in [5, 5.41) is 0. The van der Waals surface area contributed by atoms with Crippen LogP contribution in [-0.4, -0.2) is 41.2 Å². The number of fused-ring (bicyclic) bond motifs is 1. The molecule has 120 valence electrons. The number of ether oxygens (including phenoxy) is 1. The van der Waals surface area contributed by atoms with E-state index in [4.69, 9.17) is 4.74 Å². The van der Waals surface area contributed by atoms with Crippen molar-refractivity contribution in [3.8, 4) is 5.75 Å². The average molecular weight is 303 g/mol. The minimum atomic E-state index is -0.00258. The van der Waals surface area contributed by atoms with Gasteiger partial charge in [0.15, 0.2) is 0 Å². The molecular weight excluding hydrogens is 278 g/mol. The van der Waals surface area contributed by atoms with Gasteiger partial charge in [-0.15, -0.1) is 0 Å². The Morgan fingerprint density at radius 2 is 2.00 bits per heavy atom. The molecule has 0 unspecified atom stereocenters. The number of benzene rings is 1. The second-order valence-corrected chi connectivity index (χ2v) is 5.39. The Kier molecular flexibility index (Phi) is 5.55. The average Bonchev–Trinajstić information content (AvgIpc) is 2.54. The highest BCUT2D eigenvalue weighted by Gasteiger charge is 2.09. The van der Waals surface area contributed by atoms with Gasteiger partial charge >= 0.3 is 0 Å². The molecule has 0 aliphatic heterocycles. The largest absolute Gasteiger partial charge is 0.497 e. The summed E-state index contributed by atoms with van der Waals surface area (Å²) in [6.07, 6.45) is 0.951. The smallest absolute Gasteiger partial charge is 0.272 e. The molecule has 2 aromatic rings. The van der Waals surface area contributed by atoms with Crippen LogP contribution >= 0.6 is 0 Å². The summed E-state index contributed by atoms with van der Waals surface area (Å²) in [5.41, 5.74) is 2.20. The van der Waals surface area contributed by atoms with Crippen molar-refractivity contribution >= 4 is 11.0 Å². The van der Waals surface area contributed by atoms with Crippen molar-refractivity contribution in [2.45, 2.75) is 33.7 Å². The molecule has 0 saturated heterocycles. The summed E-state index contributed by atoms with van der Waals surface area (Å²) in [5.74, 6) is 0.757. The predicted octanol–water partition coefficient (Wildman–Crippen LogP) is 2.45. The van der Waals surface area contributed by atoms with E-state index in [1.165, 1.54) is 0 Å². The molecular formula is C17H25N3O2. The summed E-state index contributed by atoms with van der Waals surface area (Å²) in [6, 6.07) is 5.67. The lowest BCUT2D eigenvalue weighted by molar-refractivity contribution is 0.293. The standard InChI is InChI=1S/C17H25N3O2/c1-5-19(6-2)10-7-11-20-16-9-8-14(22-4)12-15(16)18-13(3)17(20)21/h8-9,12H,5-7,10-11H2,1-4H3. The molecule has 0 amide bonds. The van der Waals surface area contributed by atoms with Crippen molar-refractivity contribution in [2.24, 2.45) is 0 Å². The molecule has 5 nitrogen and oxygen atoms in total. The molecule has 0 spiro atoms. The molecule has 2 rings (SSSR count). The summed E-state index contributed by atoms with van der Waals surface area (Å²) in [4.78, 5) is 19.2. The van der Waals surface area contributed by atoms with Gasteiger partial charge in [-0.05, 0) is 45.1 Å². The van der Waals surface area contributed by atoms with E-state index in [9.17, 15) is 4.79 Å². The van der Waals surface area contributed by atoms with Gasteiger partial charge in [0.2, 0.25) is 0 Å². The van der Waals surface area contributed by atoms with E-state index in [2.05, 4.69) is 23.7 Å². The van der Waals surface area contributed by atoms with Gasteiger partial charge in [0, 0.05) is 12.6 Å². The Morgan fingerprint density at radius 1 is 1.27 bits per heavy atom. The molecule has 0 atom stereocenters. The fourth-order valence-corrected chi connectivity index (χ4v) is 2.70. The minimum Gasteiger partial charge on any atom is -0.497 e. The summed E-state index contributed by atoms with van der Waals surface area (Å²) in [6.45, 7) is 9.88. The van der Waals surface area contributed by atoms with Gasteiger partial charge < -0.3 is 14.2 Å². The third kappa shape index (κ3) is 3.47. The van der Waals surface area contributed by atoms with Crippen LogP contribution in [0.15, 0.2) is 23.0 Å². The highest BCUT2D eigenvalue weighted by molar-refractivity contribution is 5.76. The minimum absolute atomic E-state index is 0.00258. The Balaban J connectivity index is 2.31. The molecule has 0 aliphatic rings. The second kappa shape index (κ2) is 7.40. The summed E-state index contributed by atoms with van der Waals surface area (Å²) >= 11 is 0. The van der Waals surface area contributed by atoms with Crippen LogP contribution in [0.4, 0.5) is 0 Å². The van der Waals surface area contributed by atoms with Crippen LogP contribution in [0, 0.1) is 6.92 Å². The molecule has 0 bridgehead atoms. The van der Waals surface area contributed by atoms with Crippen molar-refractivity contribution in [1.82, 2.24) is 14.5 Å². The van der Waals surface area contributed by atoms with Crippen molar-refractivity contribution in [3.05, 3.63) is 34.2 Å². The molecule has 22 heavy (non-hydrogen) atoms. The Hall–Kier alpha value is -1.88. The van der Waals surface area contributed by atoms with Crippen LogP contribution in [0.5, 0.6) is 5.75 Å². The fourth-order valence-electron chi connectivity index (χ4n) is 2.70. The molecule has 0 saturated carbocycles. The molecule has 0 N–H and O–H groups in total. The fraction of sp³-hybridized carbons (Fsp3) is 0.529. The molecule has 1 aromatic heterocycles. The van der Waals surface area contributed by atoms with Crippen molar-refractivity contribution in [3.63, 3.8) is 0 Å². The zero-order valence-electron chi connectivity index (χ0n) is 13.9. The van der Waals surface area contributed by atoms with E-state index in [-0.39, 0.29) is 5.56 Å². The number of aromatic nitrogens is 2. The van der Waals surface area contributed by atoms with E-state index < -0.39 is 0 Å². The van der Waals surface area contributed by atoms with Crippen LogP contribution in [0.3, 0.4) is 0 Å². The van der Waals surface area contributed by atoms with Gasteiger partial charge in [-0.25, -0.2) is 4.98 Å². The zero-order valence-corrected chi connectivity index (χ0v) is 13.9. The van der Waals surface area contributed by atoms with Crippen LogP contribution < -0.4 is 10.3 Å². The number of hydrogen-bond donors (Lipinski definition) is 0. The van der Waals surface area contributed by atoms with E-state index in [0.717, 1.165) is 42.8 Å². The third-order valence-corrected chi connectivity index (χ3v) is 4.07. The first-order valence-electron chi connectivity index (χ1n) is 7.88. The summed E-state index contributed by atoms with van der Waals surface area (Å²) < 4.78 is 7.07. The van der Waals surface area contributed by atoms with Crippen LogP contribution in [0.1, 0.15) is 26.0 Å². The number of hydrogen-bond acceptors (Lipinski definition) is 4. The molecule has 0 aliphatic carbocycles. The van der Waals surface area contributed by atoms with Crippen LogP contribution in [0.2, 0.25) is 0 Å². The van der Waals surface area contributed by atoms with E-state index in [1.807, 2.05) is 22.8 Å². The molecule has 0 fully saturated rings. The monoisotopic (exact) mass is 303 g/mol. The lowest BCUT2D eigenvalue weighted by Gasteiger charge is -2.18. The van der Waals surface area contributed by atoms with Gasteiger partial charge in [-0.3, -0.25) is 4.79 Å². The van der Waals surface area contributed by atoms with Crippen molar-refractivity contribution in [2.75, 3.05) is 26.7 Å². The lowest BCUT2D eigenvalue weighted by atomic mass is 10.2. The third-order valence-electron chi connectivity index (χ3n) is 4.07. The van der Waals surface area contributed by atoms with E-state index in [1.54, 1.807) is 14.0 Å². The number of aryl methyl sites for hydroxylation is 2. The first-order valence-corrected chi connectivity index (χ1v) is 7.88. The maximum Gasteiger partial charge on any atom is 0.272 e. The Bertz CT molecular complexity index is 690. The van der Waals surface area contributed by atoms with Crippen molar-refractivity contribution in [1.29, 1.82) is 0 Å². The normalized spacial score (nSPS) is 11.3. The zero-order chi connectivity index (χ0) is 16.1. The topological polar surface area (TPSA) is 47.4 Å². The molecule has 0 radical (unpaired) electrons. The molecule has 1 aromatic carbocycles. The van der Waals surface area contributed by atoms with Gasteiger partial charge in [-0.1, -0.05) is 13.8 Å². The van der Waals surface area contributed by atoms with Gasteiger partial charge in [0.05, 0.1) is 18.1 Å². The second-order valence-electron chi connectivity index (χ2n) is 5.39. The lowest BCUT2D eigenvalue weighted by Crippen LogP contribution is -2.28. The van der Waals surface area contributed by atoms with Crippen molar-refractivity contribution < 1.29 is 4.74 Å². The van der Waals surface area contributed by atoms with E-state index in [0.29, 0.717) is 12.2 Å². The predicted molar refractivity (Wildman–Crippen MR) is 89.7 cm³/mol. The Morgan fingerprint density at radius 3 is 2.64 bits per heavy atom. The molecule has 5 heteroatoms. The van der Waals surface area contributed by atoms with E-state index >= 15 is 0 Å². The highest BCUT2D eigenvalue weighted by atomic mass is 16.5. The SMILES string of the molecule is CCN(CC)CCCn1c(=O)c(C)nc2cc(OC)ccc21. The maximum atomic E-state index is 12.4. The first kappa shape index (κ1) is 16.5. The van der Waals surface area contributed by atoms with Crippen LogP contribution in [-0.2, 0) is 6.54 Å². The van der Waals surface area contributed by atoms with Gasteiger partial charge in [0.1, 0.15) is 11.4 Å². The van der Waals surface area contributed by atoms with Gasteiger partial charge in [-0.2, -0.15) is 0 Å². The highest BCUT2D eigenvalue weighted by Crippen LogP contribution is 2.18. The maximum absolute atomic E-state index is 12.4. The number of rotatable bonds is 7. The number of methoxy groups -OCH3 is 1. The number of nitrogens with zero attached hydrogens (tertiary/aromatic N) is 3. The summed E-state index contributed by atoms with van der Waals surface area (Å²) in [7, 11) is 1.63. The van der Waals surface area contributed by atoms with Crippen LogP contribution in [0.25, 0.3) is 11.0 Å². The Labute approximate surface area is 131 Å². The first-order chi connectivity index (χ1) is 10.6.